The van der Waals surface area contributed by atoms with E-state index in [0.717, 1.165) is 0 Å². The Balaban J connectivity index is 3.28. The summed E-state index contributed by atoms with van der Waals surface area (Å²) >= 11 is 0. The smallest absolute Gasteiger partial charge is 0.387 e. The van der Waals surface area contributed by atoms with Gasteiger partial charge in [-0.1, -0.05) is 0 Å². The quantitative estimate of drug-likeness (QED) is 0.793. The molecule has 0 unspecified atom stereocenters. The molecule has 7 heteroatoms. The molecule has 0 aliphatic rings. The summed E-state index contributed by atoms with van der Waals surface area (Å²) in [6.45, 7) is -0.0112. The number of alkyl halides is 2. The van der Waals surface area contributed by atoms with Gasteiger partial charge in [-0.15, -0.1) is 0 Å². The molecule has 0 aliphatic carbocycles. The van der Waals surface area contributed by atoms with E-state index in [-0.39, 0.29) is 10.6 Å². The zero-order valence-electron chi connectivity index (χ0n) is 8.50. The van der Waals surface area contributed by atoms with Crippen LogP contribution in [-0.4, -0.2) is 15.0 Å². The molecule has 90 valence electrons. The van der Waals surface area contributed by atoms with Gasteiger partial charge in [-0.2, -0.15) is 8.78 Å². The highest BCUT2D eigenvalue weighted by atomic mass is 35.7. The van der Waals surface area contributed by atoms with E-state index in [1.807, 2.05) is 0 Å². The third-order valence-electron chi connectivity index (χ3n) is 1.92. The van der Waals surface area contributed by atoms with Crippen molar-refractivity contribution in [3.63, 3.8) is 0 Å². The highest BCUT2D eigenvalue weighted by Crippen LogP contribution is 2.29. The normalized spacial score (nSPS) is 11.9. The van der Waals surface area contributed by atoms with E-state index in [2.05, 4.69) is 4.74 Å². The lowest BCUT2D eigenvalue weighted by Crippen LogP contribution is -2.06. The number of aryl methyl sites for hydroxylation is 2. The van der Waals surface area contributed by atoms with E-state index in [1.165, 1.54) is 26.0 Å². The van der Waals surface area contributed by atoms with Crippen LogP contribution >= 0.6 is 10.7 Å². The Hall–Kier alpha value is -0.880. The van der Waals surface area contributed by atoms with Crippen LogP contribution in [0.3, 0.4) is 0 Å². The molecule has 16 heavy (non-hydrogen) atoms. The van der Waals surface area contributed by atoms with E-state index < -0.39 is 15.7 Å². The number of hydrogen-bond acceptors (Lipinski definition) is 3. The third kappa shape index (κ3) is 3.05. The SMILES string of the molecule is Cc1cc(S(=O)(=O)Cl)cc(C)c1OC(F)F. The average Bonchev–Trinajstić information content (AvgIpc) is 2.09. The molecule has 0 aliphatic heterocycles. The second-order valence-electron chi connectivity index (χ2n) is 3.20. The van der Waals surface area contributed by atoms with E-state index >= 15 is 0 Å². The fraction of sp³-hybridized carbons (Fsp3) is 0.333. The Morgan fingerprint density at radius 2 is 1.69 bits per heavy atom. The van der Waals surface area contributed by atoms with E-state index in [9.17, 15) is 17.2 Å². The minimum atomic E-state index is -3.86. The predicted molar refractivity (Wildman–Crippen MR) is 55.6 cm³/mol. The first-order valence-electron chi connectivity index (χ1n) is 4.22. The molecule has 0 aromatic heterocycles. The van der Waals surface area contributed by atoms with Gasteiger partial charge in [0.25, 0.3) is 9.05 Å². The number of halogens is 3. The number of benzene rings is 1. The molecule has 0 fully saturated rings. The predicted octanol–water partition coefficient (Wildman–Crippen LogP) is 2.83. The zero-order valence-corrected chi connectivity index (χ0v) is 10.1. The summed E-state index contributed by atoms with van der Waals surface area (Å²) in [5.41, 5.74) is 0.582. The molecule has 0 atom stereocenters. The van der Waals surface area contributed by atoms with Gasteiger partial charge in [-0.05, 0) is 37.1 Å². The first kappa shape index (κ1) is 13.2. The maximum atomic E-state index is 12.0. The van der Waals surface area contributed by atoms with Crippen LogP contribution < -0.4 is 4.74 Å². The molecular formula is C9H9ClF2O3S. The molecular weight excluding hydrogens is 262 g/mol. The van der Waals surface area contributed by atoms with Gasteiger partial charge >= 0.3 is 6.61 Å². The molecule has 0 heterocycles. The molecule has 0 saturated carbocycles. The molecule has 1 rings (SSSR count). The van der Waals surface area contributed by atoms with Crippen molar-refractivity contribution >= 4 is 19.7 Å². The van der Waals surface area contributed by atoms with Gasteiger partial charge in [0.2, 0.25) is 0 Å². The van der Waals surface area contributed by atoms with E-state index in [0.29, 0.717) is 11.1 Å². The van der Waals surface area contributed by atoms with Gasteiger partial charge < -0.3 is 4.74 Å². The molecule has 0 N–H and O–H groups in total. The topological polar surface area (TPSA) is 43.4 Å². The van der Waals surface area contributed by atoms with Crippen molar-refractivity contribution in [1.82, 2.24) is 0 Å². The van der Waals surface area contributed by atoms with Crippen LogP contribution in [0.25, 0.3) is 0 Å². The maximum absolute atomic E-state index is 12.0. The number of ether oxygens (including phenoxy) is 1. The van der Waals surface area contributed by atoms with Gasteiger partial charge in [0.05, 0.1) is 4.90 Å². The second-order valence-corrected chi connectivity index (χ2v) is 5.77. The monoisotopic (exact) mass is 270 g/mol. The molecule has 0 spiro atoms. The summed E-state index contributed by atoms with van der Waals surface area (Å²) < 4.78 is 50.5. The zero-order chi connectivity index (χ0) is 12.5. The highest BCUT2D eigenvalue weighted by Gasteiger charge is 2.16. The molecule has 0 amide bonds. The summed E-state index contributed by atoms with van der Waals surface area (Å²) in [4.78, 5) is -0.134. The number of hydrogen-bond donors (Lipinski definition) is 0. The Bertz CT molecular complexity index is 476. The summed E-state index contributed by atoms with van der Waals surface area (Å²) in [5.74, 6) is -0.0286. The van der Waals surface area contributed by atoms with Crippen LogP contribution in [0.4, 0.5) is 8.78 Å². The maximum Gasteiger partial charge on any atom is 0.387 e. The van der Waals surface area contributed by atoms with Crippen molar-refractivity contribution < 1.29 is 21.9 Å². The Morgan fingerprint density at radius 1 is 1.25 bits per heavy atom. The lowest BCUT2D eigenvalue weighted by molar-refractivity contribution is -0.0507. The Morgan fingerprint density at radius 3 is 2.00 bits per heavy atom. The molecule has 1 aromatic carbocycles. The summed E-state index contributed by atoms with van der Waals surface area (Å²) in [6.07, 6.45) is 0. The van der Waals surface area contributed by atoms with Crippen LogP contribution in [0.2, 0.25) is 0 Å². The number of rotatable bonds is 3. The largest absolute Gasteiger partial charge is 0.434 e. The highest BCUT2D eigenvalue weighted by molar-refractivity contribution is 8.13. The molecule has 3 nitrogen and oxygen atoms in total. The summed E-state index contributed by atoms with van der Waals surface area (Å²) in [7, 11) is 1.28. The minimum Gasteiger partial charge on any atom is -0.434 e. The average molecular weight is 271 g/mol. The van der Waals surface area contributed by atoms with Gasteiger partial charge in [0.1, 0.15) is 5.75 Å². The van der Waals surface area contributed by atoms with Crippen LogP contribution in [0, 0.1) is 13.8 Å². The van der Waals surface area contributed by atoms with Crippen molar-refractivity contribution in [2.45, 2.75) is 25.4 Å². The van der Waals surface area contributed by atoms with Crippen molar-refractivity contribution in [2.24, 2.45) is 0 Å². The van der Waals surface area contributed by atoms with Crippen molar-refractivity contribution in [3.05, 3.63) is 23.3 Å². The van der Waals surface area contributed by atoms with Gasteiger partial charge in [0, 0.05) is 10.7 Å². The van der Waals surface area contributed by atoms with E-state index in [1.54, 1.807) is 0 Å². The molecule has 0 saturated heterocycles. The van der Waals surface area contributed by atoms with Gasteiger partial charge in [-0.3, -0.25) is 0 Å². The lowest BCUT2D eigenvalue weighted by atomic mass is 10.1. The first-order chi connectivity index (χ1) is 7.21. The van der Waals surface area contributed by atoms with Crippen molar-refractivity contribution in [3.8, 4) is 5.75 Å². The third-order valence-corrected chi connectivity index (χ3v) is 3.26. The minimum absolute atomic E-state index is 0.0286. The molecule has 0 bridgehead atoms. The van der Waals surface area contributed by atoms with Crippen molar-refractivity contribution in [1.29, 1.82) is 0 Å². The van der Waals surface area contributed by atoms with E-state index in [4.69, 9.17) is 10.7 Å². The summed E-state index contributed by atoms with van der Waals surface area (Å²) in [6, 6.07) is 2.38. The standard InChI is InChI=1S/C9H9ClF2O3S/c1-5-3-7(16(10,13)14)4-6(2)8(5)15-9(11)12/h3-4,9H,1-2H3. The van der Waals surface area contributed by atoms with Crippen molar-refractivity contribution in [2.75, 3.05) is 0 Å². The Labute approximate surface area is 96.4 Å². The molecule has 1 aromatic rings. The van der Waals surface area contributed by atoms with Crippen LogP contribution in [0.15, 0.2) is 17.0 Å². The van der Waals surface area contributed by atoms with Gasteiger partial charge in [-0.25, -0.2) is 8.42 Å². The lowest BCUT2D eigenvalue weighted by Gasteiger charge is -2.12. The fourth-order valence-electron chi connectivity index (χ4n) is 1.33. The fourth-order valence-corrected chi connectivity index (χ4v) is 2.23. The Kier molecular flexibility index (Phi) is 3.75. The molecule has 0 radical (unpaired) electrons. The van der Waals surface area contributed by atoms with Crippen LogP contribution in [0.1, 0.15) is 11.1 Å². The summed E-state index contributed by atoms with van der Waals surface area (Å²) in [5, 5.41) is 0. The first-order valence-corrected chi connectivity index (χ1v) is 6.53. The van der Waals surface area contributed by atoms with Crippen LogP contribution in [0.5, 0.6) is 5.75 Å². The van der Waals surface area contributed by atoms with Gasteiger partial charge in [0.15, 0.2) is 0 Å². The van der Waals surface area contributed by atoms with Crippen LogP contribution in [-0.2, 0) is 9.05 Å². The second kappa shape index (κ2) is 4.55.